The predicted molar refractivity (Wildman–Crippen MR) is 105 cm³/mol. The van der Waals surface area contributed by atoms with E-state index in [1.807, 2.05) is 0 Å². The molecule has 0 heterocycles. The van der Waals surface area contributed by atoms with E-state index >= 15 is 0 Å². The first-order chi connectivity index (χ1) is 15.3. The predicted octanol–water partition coefficient (Wildman–Crippen LogP) is 1.08. The van der Waals surface area contributed by atoms with E-state index in [-0.39, 0.29) is 0 Å². The fourth-order valence-corrected chi connectivity index (χ4v) is 3.84. The number of hydrogen-bond acceptors (Lipinski definition) is 6. The van der Waals surface area contributed by atoms with Gasteiger partial charge in [-0.1, -0.05) is 36.4 Å². The second-order valence-corrected chi connectivity index (χ2v) is 6.88. The minimum Gasteiger partial charge on any atom is -0.481 e. The highest BCUT2D eigenvalue weighted by atomic mass is 16.4. The molecule has 2 aromatic rings. The second-order valence-electron chi connectivity index (χ2n) is 6.88. The molecule has 0 saturated heterocycles. The molecule has 0 aromatic heterocycles. The molecule has 1 atom stereocenters. The summed E-state index contributed by atoms with van der Waals surface area (Å²) in [6.45, 7) is 0. The number of hydrogen-bond donors (Lipinski definition) is 6. The summed E-state index contributed by atoms with van der Waals surface area (Å²) in [5.74, 6) is -12.2. The van der Waals surface area contributed by atoms with Crippen LogP contribution in [0.1, 0.15) is 38.3 Å². The molecule has 0 amide bonds. The van der Waals surface area contributed by atoms with Crippen LogP contribution in [0.25, 0.3) is 0 Å². The normalized spacial score (nSPS) is 12.8. The first kappa shape index (κ1) is 24.5. The monoisotopic (exact) mass is 460 g/mol. The van der Waals surface area contributed by atoms with Gasteiger partial charge >= 0.3 is 35.8 Å². The molecule has 0 bridgehead atoms. The van der Waals surface area contributed by atoms with Crippen LogP contribution in [-0.2, 0) is 24.6 Å². The van der Waals surface area contributed by atoms with Crippen LogP contribution < -0.4 is 0 Å². The number of carbonyl (C=O) groups is 6. The Morgan fingerprint density at radius 1 is 0.606 bits per heavy atom. The SMILES string of the molecule is O=C(O)CC(C(=O)O)(C(=O)O)C(C(=O)O)(c1ccccc1)c1ccc(C(=O)O)c(C(=O)O)c1. The molecule has 6 N–H and O–H groups in total. The number of aliphatic carboxylic acids is 4. The summed E-state index contributed by atoms with van der Waals surface area (Å²) in [5.41, 5.74) is -9.75. The summed E-state index contributed by atoms with van der Waals surface area (Å²) in [7, 11) is 0. The number of aromatic carboxylic acids is 2. The molecule has 0 aliphatic rings. The number of carboxylic acid groups (broad SMARTS) is 6. The average Bonchev–Trinajstić information content (AvgIpc) is 2.72. The highest BCUT2D eigenvalue weighted by Crippen LogP contribution is 2.51. The summed E-state index contributed by atoms with van der Waals surface area (Å²) >= 11 is 0. The van der Waals surface area contributed by atoms with Crippen molar-refractivity contribution < 1.29 is 59.4 Å². The van der Waals surface area contributed by atoms with E-state index < -0.39 is 75.3 Å². The van der Waals surface area contributed by atoms with Gasteiger partial charge < -0.3 is 30.6 Å². The molecule has 0 aliphatic heterocycles. The van der Waals surface area contributed by atoms with Crippen molar-refractivity contribution in [2.75, 3.05) is 0 Å². The van der Waals surface area contributed by atoms with E-state index in [4.69, 9.17) is 0 Å². The molecule has 172 valence electrons. The topological polar surface area (TPSA) is 224 Å². The summed E-state index contributed by atoms with van der Waals surface area (Å²) in [4.78, 5) is 72.2. The molecule has 0 spiro atoms. The zero-order chi connectivity index (χ0) is 25.1. The van der Waals surface area contributed by atoms with Crippen LogP contribution in [0.3, 0.4) is 0 Å². The Morgan fingerprint density at radius 2 is 1.12 bits per heavy atom. The molecule has 12 nitrogen and oxygen atoms in total. The Balaban J connectivity index is 3.23. The Labute approximate surface area is 184 Å². The third kappa shape index (κ3) is 3.73. The third-order valence-electron chi connectivity index (χ3n) is 5.23. The standard InChI is InChI=1S/C21H16O12/c22-14(23)9-20(17(28)29,18(30)31)21(19(32)33,10-4-2-1-3-5-10)11-6-7-12(15(24)25)13(8-11)16(26)27/h1-8H,9H2,(H,22,23)(H,24,25)(H,26,27)(H,28,29)(H,30,31)(H,32,33). The molecule has 12 heteroatoms. The van der Waals surface area contributed by atoms with Gasteiger partial charge in [-0.2, -0.15) is 0 Å². The van der Waals surface area contributed by atoms with Gasteiger partial charge in [-0.25, -0.2) is 9.59 Å². The van der Waals surface area contributed by atoms with Crippen molar-refractivity contribution in [2.45, 2.75) is 11.8 Å². The lowest BCUT2D eigenvalue weighted by Gasteiger charge is -2.42. The van der Waals surface area contributed by atoms with Gasteiger partial charge in [-0.3, -0.25) is 19.2 Å². The van der Waals surface area contributed by atoms with Crippen molar-refractivity contribution in [2.24, 2.45) is 5.41 Å². The third-order valence-corrected chi connectivity index (χ3v) is 5.23. The highest BCUT2D eigenvalue weighted by Gasteiger charge is 2.69. The summed E-state index contributed by atoms with van der Waals surface area (Å²) in [6, 6.07) is 7.92. The van der Waals surface area contributed by atoms with E-state index in [0.29, 0.717) is 12.1 Å². The highest BCUT2D eigenvalue weighted by molar-refractivity contribution is 6.11. The Morgan fingerprint density at radius 3 is 1.52 bits per heavy atom. The second kappa shape index (κ2) is 8.78. The fraction of sp³-hybridized carbons (Fsp3) is 0.143. The van der Waals surface area contributed by atoms with Crippen LogP contribution in [0, 0.1) is 5.41 Å². The van der Waals surface area contributed by atoms with Crippen LogP contribution in [0.15, 0.2) is 48.5 Å². The summed E-state index contributed by atoms with van der Waals surface area (Å²) in [6.07, 6.45) is -1.71. The van der Waals surface area contributed by atoms with Crippen LogP contribution in [0.2, 0.25) is 0 Å². The van der Waals surface area contributed by atoms with Gasteiger partial charge in [0.2, 0.25) is 0 Å². The lowest BCUT2D eigenvalue weighted by atomic mass is 9.54. The molecule has 0 saturated carbocycles. The molecule has 0 radical (unpaired) electrons. The van der Waals surface area contributed by atoms with Crippen molar-refractivity contribution in [3.63, 3.8) is 0 Å². The van der Waals surface area contributed by atoms with E-state index in [1.54, 1.807) is 0 Å². The van der Waals surface area contributed by atoms with E-state index in [9.17, 15) is 59.4 Å². The van der Waals surface area contributed by atoms with Crippen LogP contribution in [0.5, 0.6) is 0 Å². The minimum atomic E-state index is -3.58. The van der Waals surface area contributed by atoms with E-state index in [1.165, 1.54) is 18.2 Å². The molecule has 33 heavy (non-hydrogen) atoms. The molecular weight excluding hydrogens is 444 g/mol. The Hall–Kier alpha value is -4.74. The van der Waals surface area contributed by atoms with Crippen LogP contribution in [0.4, 0.5) is 0 Å². The smallest absolute Gasteiger partial charge is 0.336 e. The van der Waals surface area contributed by atoms with Gasteiger partial charge in [0.1, 0.15) is 5.41 Å². The van der Waals surface area contributed by atoms with Crippen molar-refractivity contribution >= 4 is 35.8 Å². The minimum absolute atomic E-state index is 0.483. The maximum absolute atomic E-state index is 12.8. The van der Waals surface area contributed by atoms with Gasteiger partial charge in [0, 0.05) is 0 Å². The number of carboxylic acids is 6. The van der Waals surface area contributed by atoms with Gasteiger partial charge in [0.15, 0.2) is 5.41 Å². The van der Waals surface area contributed by atoms with Gasteiger partial charge in [0.25, 0.3) is 0 Å². The van der Waals surface area contributed by atoms with Crippen molar-refractivity contribution in [1.82, 2.24) is 0 Å². The molecule has 0 fully saturated rings. The van der Waals surface area contributed by atoms with Crippen LogP contribution >= 0.6 is 0 Å². The average molecular weight is 460 g/mol. The largest absolute Gasteiger partial charge is 0.481 e. The summed E-state index contributed by atoms with van der Waals surface area (Å²) < 4.78 is 0. The van der Waals surface area contributed by atoms with Gasteiger partial charge in [0.05, 0.1) is 17.5 Å². The Kier molecular flexibility index (Phi) is 6.53. The van der Waals surface area contributed by atoms with E-state index in [0.717, 1.165) is 18.2 Å². The summed E-state index contributed by atoms with van der Waals surface area (Å²) in [5, 5.41) is 58.2. The lowest BCUT2D eigenvalue weighted by Crippen LogP contribution is -2.61. The first-order valence-electron chi connectivity index (χ1n) is 8.92. The van der Waals surface area contributed by atoms with Crippen molar-refractivity contribution in [3.8, 4) is 0 Å². The molecule has 0 aliphatic carbocycles. The molecule has 2 rings (SSSR count). The van der Waals surface area contributed by atoms with E-state index in [2.05, 4.69) is 0 Å². The fourth-order valence-electron chi connectivity index (χ4n) is 3.84. The molecular formula is C21H16O12. The maximum atomic E-state index is 12.8. The zero-order valence-corrected chi connectivity index (χ0v) is 16.5. The molecule has 1 unspecified atom stereocenters. The first-order valence-corrected chi connectivity index (χ1v) is 8.92. The lowest BCUT2D eigenvalue weighted by molar-refractivity contribution is -0.180. The number of benzene rings is 2. The van der Waals surface area contributed by atoms with Crippen molar-refractivity contribution in [3.05, 3.63) is 70.8 Å². The quantitative estimate of drug-likeness (QED) is 0.274. The molecule has 2 aromatic carbocycles. The maximum Gasteiger partial charge on any atom is 0.336 e. The zero-order valence-electron chi connectivity index (χ0n) is 16.5. The number of rotatable bonds is 10. The Bertz CT molecular complexity index is 1150. The van der Waals surface area contributed by atoms with Crippen molar-refractivity contribution in [1.29, 1.82) is 0 Å². The van der Waals surface area contributed by atoms with Gasteiger partial charge in [-0.05, 0) is 23.3 Å². The van der Waals surface area contributed by atoms with Crippen LogP contribution in [-0.4, -0.2) is 66.5 Å². The van der Waals surface area contributed by atoms with Gasteiger partial charge in [-0.15, -0.1) is 0 Å².